The summed E-state index contributed by atoms with van der Waals surface area (Å²) >= 11 is 5.04. The molecule has 0 radical (unpaired) electrons. The number of carbonyl (C=O) groups excluding carboxylic acids is 1. The minimum absolute atomic E-state index is 0.0754. The SMILES string of the molecule is O=C(CNC1CC1)NCc1ccc(Br)s1. The Kier molecular flexibility index (Phi) is 3.77. The maximum atomic E-state index is 11.4. The Morgan fingerprint density at radius 2 is 2.33 bits per heavy atom. The Balaban J connectivity index is 1.65. The summed E-state index contributed by atoms with van der Waals surface area (Å²) in [6.45, 7) is 1.07. The molecule has 1 aliphatic carbocycles. The summed E-state index contributed by atoms with van der Waals surface area (Å²) in [6.07, 6.45) is 2.43. The molecule has 0 spiro atoms. The van der Waals surface area contributed by atoms with Gasteiger partial charge in [0.2, 0.25) is 5.91 Å². The van der Waals surface area contributed by atoms with Crippen molar-refractivity contribution in [2.45, 2.75) is 25.4 Å². The average Bonchev–Trinajstić information content (AvgIpc) is 2.95. The molecule has 0 atom stereocenters. The Bertz CT molecular complexity index is 349. The van der Waals surface area contributed by atoms with Crippen molar-refractivity contribution in [3.8, 4) is 0 Å². The number of nitrogens with one attached hydrogen (secondary N) is 2. The second-order valence-corrected chi connectivity index (χ2v) is 6.19. The van der Waals surface area contributed by atoms with Crippen LogP contribution in [0.15, 0.2) is 15.9 Å². The highest BCUT2D eigenvalue weighted by atomic mass is 79.9. The maximum Gasteiger partial charge on any atom is 0.234 e. The van der Waals surface area contributed by atoms with Crippen LogP contribution >= 0.6 is 27.3 Å². The van der Waals surface area contributed by atoms with Gasteiger partial charge in [-0.3, -0.25) is 4.79 Å². The molecule has 1 saturated carbocycles. The second kappa shape index (κ2) is 5.09. The molecule has 1 aromatic heterocycles. The summed E-state index contributed by atoms with van der Waals surface area (Å²) in [5, 5.41) is 6.06. The molecular formula is C10H13BrN2OS. The first-order valence-corrected chi connectivity index (χ1v) is 6.59. The van der Waals surface area contributed by atoms with Crippen LogP contribution in [0.3, 0.4) is 0 Å². The van der Waals surface area contributed by atoms with Gasteiger partial charge in [-0.25, -0.2) is 0 Å². The van der Waals surface area contributed by atoms with Gasteiger partial charge < -0.3 is 10.6 Å². The second-order valence-electron chi connectivity index (χ2n) is 3.64. The fourth-order valence-corrected chi connectivity index (χ4v) is 2.64. The molecule has 0 unspecified atom stereocenters. The third kappa shape index (κ3) is 3.93. The molecule has 5 heteroatoms. The predicted octanol–water partition coefficient (Wildman–Crippen LogP) is 1.88. The van der Waals surface area contributed by atoms with Crippen LogP contribution in [-0.2, 0) is 11.3 Å². The molecule has 1 aliphatic rings. The van der Waals surface area contributed by atoms with Gasteiger partial charge in [-0.1, -0.05) is 0 Å². The van der Waals surface area contributed by atoms with E-state index in [1.165, 1.54) is 17.7 Å². The number of amides is 1. The lowest BCUT2D eigenvalue weighted by Gasteiger charge is -2.04. The lowest BCUT2D eigenvalue weighted by Crippen LogP contribution is -2.34. The van der Waals surface area contributed by atoms with Gasteiger partial charge in [0.05, 0.1) is 16.9 Å². The highest BCUT2D eigenvalue weighted by Gasteiger charge is 2.20. The lowest BCUT2D eigenvalue weighted by molar-refractivity contribution is -0.120. The van der Waals surface area contributed by atoms with Crippen LogP contribution in [0.1, 0.15) is 17.7 Å². The molecule has 1 heterocycles. The quantitative estimate of drug-likeness (QED) is 0.869. The molecule has 82 valence electrons. The van der Waals surface area contributed by atoms with Gasteiger partial charge in [-0.2, -0.15) is 0 Å². The first-order valence-electron chi connectivity index (χ1n) is 4.98. The third-order valence-electron chi connectivity index (χ3n) is 2.22. The molecule has 0 bridgehead atoms. The van der Waals surface area contributed by atoms with Crippen LogP contribution in [0.4, 0.5) is 0 Å². The Morgan fingerprint density at radius 1 is 1.53 bits per heavy atom. The Labute approximate surface area is 101 Å². The van der Waals surface area contributed by atoms with Crippen LogP contribution in [0.25, 0.3) is 0 Å². The first-order chi connectivity index (χ1) is 7.24. The molecule has 0 saturated heterocycles. The third-order valence-corrected chi connectivity index (χ3v) is 3.84. The fraction of sp³-hybridized carbons (Fsp3) is 0.500. The summed E-state index contributed by atoms with van der Waals surface area (Å²) in [6, 6.07) is 4.60. The van der Waals surface area contributed by atoms with E-state index >= 15 is 0 Å². The zero-order chi connectivity index (χ0) is 10.7. The first kappa shape index (κ1) is 11.1. The van der Waals surface area contributed by atoms with Gasteiger partial charge in [0, 0.05) is 10.9 Å². The van der Waals surface area contributed by atoms with Crippen molar-refractivity contribution in [2.24, 2.45) is 0 Å². The van der Waals surface area contributed by atoms with E-state index in [9.17, 15) is 4.79 Å². The van der Waals surface area contributed by atoms with Gasteiger partial charge in [0.25, 0.3) is 0 Å². The Hall–Kier alpha value is -0.390. The molecule has 3 nitrogen and oxygen atoms in total. The van der Waals surface area contributed by atoms with Gasteiger partial charge in [0.1, 0.15) is 0 Å². The van der Waals surface area contributed by atoms with E-state index in [-0.39, 0.29) is 5.91 Å². The van der Waals surface area contributed by atoms with Gasteiger partial charge in [-0.15, -0.1) is 11.3 Å². The van der Waals surface area contributed by atoms with Crippen molar-refractivity contribution in [1.82, 2.24) is 10.6 Å². The average molecular weight is 289 g/mol. The number of thiophene rings is 1. The summed E-state index contributed by atoms with van der Waals surface area (Å²) in [7, 11) is 0. The summed E-state index contributed by atoms with van der Waals surface area (Å²) in [5.41, 5.74) is 0. The van der Waals surface area contributed by atoms with E-state index < -0.39 is 0 Å². The van der Waals surface area contributed by atoms with E-state index in [0.717, 1.165) is 3.79 Å². The number of hydrogen-bond donors (Lipinski definition) is 2. The van der Waals surface area contributed by atoms with Crippen LogP contribution in [0, 0.1) is 0 Å². The normalized spacial score (nSPS) is 15.3. The van der Waals surface area contributed by atoms with E-state index in [1.54, 1.807) is 11.3 Å². The highest BCUT2D eigenvalue weighted by molar-refractivity contribution is 9.11. The summed E-state index contributed by atoms with van der Waals surface area (Å²) in [5.74, 6) is 0.0754. The standard InChI is InChI=1S/C10H13BrN2OS/c11-9-4-3-8(15-9)5-13-10(14)6-12-7-1-2-7/h3-4,7,12H,1-2,5-6H2,(H,13,14). The van der Waals surface area contributed by atoms with Crippen molar-refractivity contribution in [3.05, 3.63) is 20.8 Å². The van der Waals surface area contributed by atoms with Crippen molar-refractivity contribution in [2.75, 3.05) is 6.54 Å². The largest absolute Gasteiger partial charge is 0.350 e. The van der Waals surface area contributed by atoms with Gasteiger partial charge >= 0.3 is 0 Å². The molecule has 1 amide bonds. The number of carbonyl (C=O) groups is 1. The molecule has 2 N–H and O–H groups in total. The topological polar surface area (TPSA) is 41.1 Å². The summed E-state index contributed by atoms with van der Waals surface area (Å²) < 4.78 is 1.10. The maximum absolute atomic E-state index is 11.4. The minimum atomic E-state index is 0.0754. The monoisotopic (exact) mass is 288 g/mol. The van der Waals surface area contributed by atoms with Crippen molar-refractivity contribution < 1.29 is 4.79 Å². The van der Waals surface area contributed by atoms with E-state index in [2.05, 4.69) is 26.6 Å². The zero-order valence-corrected chi connectivity index (χ0v) is 10.7. The number of hydrogen-bond acceptors (Lipinski definition) is 3. The van der Waals surface area contributed by atoms with Crippen molar-refractivity contribution in [3.63, 3.8) is 0 Å². The highest BCUT2D eigenvalue weighted by Crippen LogP contribution is 2.21. The van der Waals surface area contributed by atoms with Crippen molar-refractivity contribution in [1.29, 1.82) is 0 Å². The molecule has 1 aromatic rings. The number of rotatable bonds is 5. The molecule has 15 heavy (non-hydrogen) atoms. The van der Waals surface area contributed by atoms with Gasteiger partial charge in [0.15, 0.2) is 0 Å². The fourth-order valence-electron chi connectivity index (χ4n) is 1.22. The van der Waals surface area contributed by atoms with Crippen LogP contribution < -0.4 is 10.6 Å². The van der Waals surface area contributed by atoms with Gasteiger partial charge in [-0.05, 0) is 40.9 Å². The van der Waals surface area contributed by atoms with E-state index in [4.69, 9.17) is 0 Å². The predicted molar refractivity (Wildman–Crippen MR) is 64.9 cm³/mol. The molecular weight excluding hydrogens is 276 g/mol. The van der Waals surface area contributed by atoms with Crippen LogP contribution in [0.5, 0.6) is 0 Å². The van der Waals surface area contributed by atoms with Crippen LogP contribution in [0.2, 0.25) is 0 Å². The molecule has 1 fully saturated rings. The summed E-state index contributed by atoms with van der Waals surface area (Å²) in [4.78, 5) is 12.5. The number of halogens is 1. The molecule has 0 aromatic carbocycles. The zero-order valence-electron chi connectivity index (χ0n) is 8.25. The lowest BCUT2D eigenvalue weighted by atomic mass is 10.4. The van der Waals surface area contributed by atoms with E-state index in [1.807, 2.05) is 12.1 Å². The van der Waals surface area contributed by atoms with Crippen LogP contribution in [-0.4, -0.2) is 18.5 Å². The molecule has 0 aliphatic heterocycles. The molecule has 2 rings (SSSR count). The van der Waals surface area contributed by atoms with E-state index in [0.29, 0.717) is 19.1 Å². The smallest absolute Gasteiger partial charge is 0.234 e. The minimum Gasteiger partial charge on any atom is -0.350 e. The van der Waals surface area contributed by atoms with Crippen molar-refractivity contribution >= 4 is 33.2 Å². The Morgan fingerprint density at radius 3 is 2.93 bits per heavy atom.